The van der Waals surface area contributed by atoms with E-state index in [1.165, 1.54) is 0 Å². The van der Waals surface area contributed by atoms with Crippen LogP contribution in [0.15, 0.2) is 72.8 Å². The molecule has 0 bridgehead atoms. The van der Waals surface area contributed by atoms with Crippen LogP contribution >= 0.6 is 23.8 Å². The van der Waals surface area contributed by atoms with E-state index in [-0.39, 0.29) is 11.0 Å². The molecule has 0 aromatic heterocycles. The van der Waals surface area contributed by atoms with Gasteiger partial charge in [0, 0.05) is 37.4 Å². The summed E-state index contributed by atoms with van der Waals surface area (Å²) < 4.78 is 0. The van der Waals surface area contributed by atoms with Crippen molar-refractivity contribution >= 4 is 46.2 Å². The lowest BCUT2D eigenvalue weighted by molar-refractivity contribution is 0.0978. The molecule has 0 saturated carbocycles. The van der Waals surface area contributed by atoms with E-state index in [1.807, 2.05) is 60.7 Å². The number of benzene rings is 3. The van der Waals surface area contributed by atoms with Crippen LogP contribution in [0.5, 0.6) is 0 Å². The molecule has 0 spiro atoms. The summed E-state index contributed by atoms with van der Waals surface area (Å²) in [6.45, 7) is 7.25. The maximum atomic E-state index is 12.6. The fourth-order valence-corrected chi connectivity index (χ4v) is 4.44. The van der Waals surface area contributed by atoms with E-state index in [2.05, 4.69) is 27.4 Å². The van der Waals surface area contributed by atoms with Gasteiger partial charge in [-0.05, 0) is 60.2 Å². The quantitative estimate of drug-likeness (QED) is 0.489. The summed E-state index contributed by atoms with van der Waals surface area (Å²) in [5.41, 5.74) is 4.46. The Hall–Kier alpha value is -2.93. The lowest BCUT2D eigenvalue weighted by Gasteiger charge is -2.36. The minimum Gasteiger partial charge on any atom is -0.368 e. The van der Waals surface area contributed by atoms with Gasteiger partial charge in [-0.3, -0.25) is 10.1 Å². The Kier molecular flexibility index (Phi) is 7.60. The topological polar surface area (TPSA) is 47.6 Å². The number of hydrogen-bond donors (Lipinski definition) is 2. The van der Waals surface area contributed by atoms with Crippen molar-refractivity contribution in [2.45, 2.75) is 6.92 Å². The zero-order valence-corrected chi connectivity index (χ0v) is 20.1. The molecule has 1 aliphatic rings. The van der Waals surface area contributed by atoms with Crippen molar-refractivity contribution in [2.75, 3.05) is 42.9 Å². The number of nitrogens with one attached hydrogen (secondary N) is 2. The summed E-state index contributed by atoms with van der Waals surface area (Å²) >= 11 is 11.9. The minimum atomic E-state index is -0.261. The highest BCUT2D eigenvalue weighted by atomic mass is 35.5. The van der Waals surface area contributed by atoms with E-state index >= 15 is 0 Å². The number of carbonyl (C=O) groups excluding carboxylic acids is 1. The van der Waals surface area contributed by atoms with Gasteiger partial charge in [-0.25, -0.2) is 0 Å². The standard InChI is InChI=1S/C26H27ClN4OS/c1-2-30-14-16-31(17-15-30)24-13-12-22(18-23(24)27)28-26(33)29-25(32)21-10-8-20(9-11-21)19-6-4-3-5-7-19/h3-13,18H,2,14-17H2,1H3,(H2,28,29,32,33). The van der Waals surface area contributed by atoms with Gasteiger partial charge in [0.2, 0.25) is 0 Å². The molecule has 0 atom stereocenters. The zero-order chi connectivity index (χ0) is 23.2. The van der Waals surface area contributed by atoms with Crippen molar-refractivity contribution in [1.29, 1.82) is 0 Å². The van der Waals surface area contributed by atoms with Gasteiger partial charge in [0.15, 0.2) is 5.11 Å². The molecule has 1 fully saturated rings. The number of nitrogens with zero attached hydrogens (tertiary/aromatic N) is 2. The van der Waals surface area contributed by atoms with Crippen molar-refractivity contribution in [3.63, 3.8) is 0 Å². The summed E-state index contributed by atoms with van der Waals surface area (Å²) in [4.78, 5) is 17.3. The highest BCUT2D eigenvalue weighted by molar-refractivity contribution is 7.80. The summed E-state index contributed by atoms with van der Waals surface area (Å²) in [6, 6.07) is 23.3. The van der Waals surface area contributed by atoms with E-state index in [9.17, 15) is 4.79 Å². The van der Waals surface area contributed by atoms with E-state index in [0.29, 0.717) is 10.6 Å². The van der Waals surface area contributed by atoms with Crippen LogP contribution in [0.4, 0.5) is 11.4 Å². The molecule has 1 heterocycles. The van der Waals surface area contributed by atoms with Gasteiger partial charge in [0.25, 0.3) is 5.91 Å². The third-order valence-corrected chi connectivity index (χ3v) is 6.35. The lowest BCUT2D eigenvalue weighted by atomic mass is 10.0. The second-order valence-electron chi connectivity index (χ2n) is 7.94. The van der Waals surface area contributed by atoms with Crippen LogP contribution < -0.4 is 15.5 Å². The monoisotopic (exact) mass is 478 g/mol. The third-order valence-electron chi connectivity index (χ3n) is 5.85. The first-order valence-corrected chi connectivity index (χ1v) is 11.9. The molecule has 3 aromatic rings. The van der Waals surface area contributed by atoms with Gasteiger partial charge in [0.05, 0.1) is 10.7 Å². The maximum absolute atomic E-state index is 12.6. The van der Waals surface area contributed by atoms with Crippen molar-refractivity contribution in [3.05, 3.63) is 83.4 Å². The molecule has 0 unspecified atom stereocenters. The normalized spacial score (nSPS) is 14.1. The van der Waals surface area contributed by atoms with Gasteiger partial charge in [-0.15, -0.1) is 0 Å². The Morgan fingerprint density at radius 3 is 2.24 bits per heavy atom. The predicted octanol–water partition coefficient (Wildman–Crippen LogP) is 5.28. The highest BCUT2D eigenvalue weighted by Gasteiger charge is 2.18. The highest BCUT2D eigenvalue weighted by Crippen LogP contribution is 2.29. The molecule has 170 valence electrons. The largest absolute Gasteiger partial charge is 0.368 e. The Labute approximate surface area is 205 Å². The van der Waals surface area contributed by atoms with Gasteiger partial charge in [0.1, 0.15) is 0 Å². The fourth-order valence-electron chi connectivity index (χ4n) is 3.93. The molecule has 0 aliphatic carbocycles. The predicted molar refractivity (Wildman–Crippen MR) is 141 cm³/mol. The number of amides is 1. The molecule has 4 rings (SSSR count). The first-order valence-electron chi connectivity index (χ1n) is 11.1. The second kappa shape index (κ2) is 10.8. The number of likely N-dealkylation sites (N-methyl/N-ethyl adjacent to an activating group) is 1. The van der Waals surface area contributed by atoms with Gasteiger partial charge in [-0.1, -0.05) is 61.0 Å². The molecule has 7 heteroatoms. The number of rotatable bonds is 5. The molecule has 33 heavy (non-hydrogen) atoms. The van der Waals surface area contributed by atoms with Crippen LogP contribution in [0.3, 0.4) is 0 Å². The average molecular weight is 479 g/mol. The van der Waals surface area contributed by atoms with E-state index in [0.717, 1.165) is 55.2 Å². The first-order chi connectivity index (χ1) is 16.0. The molecule has 0 radical (unpaired) electrons. The zero-order valence-electron chi connectivity index (χ0n) is 18.6. The summed E-state index contributed by atoms with van der Waals surface area (Å²) in [6.07, 6.45) is 0. The van der Waals surface area contributed by atoms with E-state index < -0.39 is 0 Å². The Morgan fingerprint density at radius 2 is 1.61 bits per heavy atom. The fraction of sp³-hybridized carbons (Fsp3) is 0.231. The second-order valence-corrected chi connectivity index (χ2v) is 8.75. The number of hydrogen-bond acceptors (Lipinski definition) is 4. The molecule has 1 saturated heterocycles. The molecular formula is C26H27ClN4OS. The number of piperazine rings is 1. The molecule has 3 aromatic carbocycles. The van der Waals surface area contributed by atoms with Crippen molar-refractivity contribution < 1.29 is 4.79 Å². The summed E-state index contributed by atoms with van der Waals surface area (Å²) in [5, 5.41) is 6.68. The van der Waals surface area contributed by atoms with Crippen molar-refractivity contribution in [3.8, 4) is 11.1 Å². The average Bonchev–Trinajstić information content (AvgIpc) is 2.85. The molecular weight excluding hydrogens is 452 g/mol. The number of anilines is 2. The third kappa shape index (κ3) is 5.90. The maximum Gasteiger partial charge on any atom is 0.257 e. The number of carbonyl (C=O) groups is 1. The SMILES string of the molecule is CCN1CCN(c2ccc(NC(=S)NC(=O)c3ccc(-c4ccccc4)cc3)cc2Cl)CC1. The first kappa shape index (κ1) is 23.2. The van der Waals surface area contributed by atoms with Crippen molar-refractivity contribution in [2.24, 2.45) is 0 Å². The van der Waals surface area contributed by atoms with Crippen LogP contribution in [0.2, 0.25) is 5.02 Å². The summed E-state index contributed by atoms with van der Waals surface area (Å²) in [5.74, 6) is -0.261. The van der Waals surface area contributed by atoms with Crippen LogP contribution in [-0.4, -0.2) is 48.6 Å². The number of halogens is 1. The van der Waals surface area contributed by atoms with Gasteiger partial charge in [-0.2, -0.15) is 0 Å². The minimum absolute atomic E-state index is 0.229. The smallest absolute Gasteiger partial charge is 0.257 e. The lowest BCUT2D eigenvalue weighted by Crippen LogP contribution is -2.46. The van der Waals surface area contributed by atoms with Crippen LogP contribution in [0.25, 0.3) is 11.1 Å². The van der Waals surface area contributed by atoms with Crippen LogP contribution in [0.1, 0.15) is 17.3 Å². The Morgan fingerprint density at radius 1 is 0.939 bits per heavy atom. The molecule has 1 amide bonds. The summed E-state index contributed by atoms with van der Waals surface area (Å²) in [7, 11) is 0. The van der Waals surface area contributed by atoms with E-state index in [1.54, 1.807) is 12.1 Å². The van der Waals surface area contributed by atoms with Crippen LogP contribution in [-0.2, 0) is 0 Å². The molecule has 1 aliphatic heterocycles. The molecule has 2 N–H and O–H groups in total. The van der Waals surface area contributed by atoms with Crippen molar-refractivity contribution in [1.82, 2.24) is 10.2 Å². The van der Waals surface area contributed by atoms with Crippen LogP contribution in [0, 0.1) is 0 Å². The molecule has 5 nitrogen and oxygen atoms in total. The van der Waals surface area contributed by atoms with Gasteiger partial charge < -0.3 is 15.1 Å². The Bertz CT molecular complexity index is 1110. The Balaban J connectivity index is 1.34. The van der Waals surface area contributed by atoms with E-state index in [4.69, 9.17) is 23.8 Å². The number of thiocarbonyl (C=S) groups is 1. The van der Waals surface area contributed by atoms with Gasteiger partial charge >= 0.3 is 0 Å².